The van der Waals surface area contributed by atoms with Gasteiger partial charge in [-0.2, -0.15) is 0 Å². The topological polar surface area (TPSA) is 26.3 Å². The van der Waals surface area contributed by atoms with Crippen molar-refractivity contribution in [3.05, 3.63) is 29.8 Å². The SMILES string of the molecule is CCCc1ccc(OCCC(C)=O)cc1. The minimum absolute atomic E-state index is 0.164. The number of ketones is 1. The van der Waals surface area contributed by atoms with Gasteiger partial charge in [-0.15, -0.1) is 0 Å². The van der Waals surface area contributed by atoms with Crippen LogP contribution in [0, 0.1) is 0 Å². The molecule has 0 bridgehead atoms. The number of rotatable bonds is 6. The zero-order valence-corrected chi connectivity index (χ0v) is 9.45. The number of carbonyl (C=O) groups excluding carboxylic acids is 1. The molecule has 0 aliphatic carbocycles. The smallest absolute Gasteiger partial charge is 0.133 e. The van der Waals surface area contributed by atoms with Crippen LogP contribution in [0.25, 0.3) is 0 Å². The van der Waals surface area contributed by atoms with Crippen molar-refractivity contribution in [2.75, 3.05) is 6.61 Å². The second kappa shape index (κ2) is 6.23. The van der Waals surface area contributed by atoms with Gasteiger partial charge in [0.2, 0.25) is 0 Å². The van der Waals surface area contributed by atoms with E-state index in [1.807, 2.05) is 12.1 Å². The lowest BCUT2D eigenvalue weighted by Gasteiger charge is -2.05. The van der Waals surface area contributed by atoms with Crippen molar-refractivity contribution in [2.24, 2.45) is 0 Å². The number of Topliss-reactive ketones (excluding diaryl/α,β-unsaturated/α-hetero) is 1. The van der Waals surface area contributed by atoms with Gasteiger partial charge in [0, 0.05) is 6.42 Å². The zero-order chi connectivity index (χ0) is 11.1. The number of ether oxygens (including phenoxy) is 1. The molecule has 0 saturated heterocycles. The van der Waals surface area contributed by atoms with Gasteiger partial charge in [0.15, 0.2) is 0 Å². The first-order chi connectivity index (χ1) is 7.22. The lowest BCUT2D eigenvalue weighted by molar-refractivity contribution is -0.117. The summed E-state index contributed by atoms with van der Waals surface area (Å²) in [6.45, 7) is 4.22. The molecule has 0 spiro atoms. The molecule has 1 rings (SSSR count). The van der Waals surface area contributed by atoms with E-state index in [0.717, 1.165) is 18.6 Å². The van der Waals surface area contributed by atoms with E-state index in [-0.39, 0.29) is 5.78 Å². The number of hydrogen-bond acceptors (Lipinski definition) is 2. The Kier molecular flexibility index (Phi) is 4.88. The number of aryl methyl sites for hydroxylation is 1. The lowest BCUT2D eigenvalue weighted by atomic mass is 10.1. The van der Waals surface area contributed by atoms with Crippen LogP contribution in [0.4, 0.5) is 0 Å². The third kappa shape index (κ3) is 4.63. The highest BCUT2D eigenvalue weighted by molar-refractivity contribution is 5.75. The molecule has 0 saturated carbocycles. The predicted molar refractivity (Wildman–Crippen MR) is 61.2 cm³/mol. The highest BCUT2D eigenvalue weighted by atomic mass is 16.5. The van der Waals surface area contributed by atoms with Gasteiger partial charge in [0.25, 0.3) is 0 Å². The second-order valence-corrected chi connectivity index (χ2v) is 3.69. The second-order valence-electron chi connectivity index (χ2n) is 3.69. The fourth-order valence-corrected chi connectivity index (χ4v) is 1.35. The molecule has 2 heteroatoms. The van der Waals surface area contributed by atoms with Crippen molar-refractivity contribution in [3.63, 3.8) is 0 Å². The Balaban J connectivity index is 2.39. The van der Waals surface area contributed by atoms with Gasteiger partial charge in [-0.05, 0) is 31.0 Å². The largest absolute Gasteiger partial charge is 0.493 e. The summed E-state index contributed by atoms with van der Waals surface area (Å²) in [6.07, 6.45) is 2.75. The Labute approximate surface area is 91.3 Å². The van der Waals surface area contributed by atoms with Crippen molar-refractivity contribution in [1.82, 2.24) is 0 Å². The van der Waals surface area contributed by atoms with E-state index in [4.69, 9.17) is 4.74 Å². The van der Waals surface area contributed by atoms with Crippen LogP contribution in [0.15, 0.2) is 24.3 Å². The van der Waals surface area contributed by atoms with E-state index < -0.39 is 0 Å². The highest BCUT2D eigenvalue weighted by Crippen LogP contribution is 2.13. The van der Waals surface area contributed by atoms with Crippen molar-refractivity contribution in [3.8, 4) is 5.75 Å². The first-order valence-corrected chi connectivity index (χ1v) is 5.43. The summed E-state index contributed by atoms with van der Waals surface area (Å²) in [6, 6.07) is 8.08. The predicted octanol–water partition coefficient (Wildman–Crippen LogP) is 3.00. The minimum atomic E-state index is 0.164. The van der Waals surface area contributed by atoms with Gasteiger partial charge in [0.1, 0.15) is 11.5 Å². The molecule has 0 unspecified atom stereocenters. The standard InChI is InChI=1S/C13H18O2/c1-3-4-12-5-7-13(8-6-12)15-10-9-11(2)14/h5-8H,3-4,9-10H2,1-2H3. The van der Waals surface area contributed by atoms with Crippen LogP contribution in [-0.2, 0) is 11.2 Å². The van der Waals surface area contributed by atoms with Crippen LogP contribution in [0.2, 0.25) is 0 Å². The monoisotopic (exact) mass is 206 g/mol. The quantitative estimate of drug-likeness (QED) is 0.715. The summed E-state index contributed by atoms with van der Waals surface area (Å²) in [5, 5.41) is 0. The molecule has 0 heterocycles. The summed E-state index contributed by atoms with van der Waals surface area (Å²) in [4.78, 5) is 10.7. The average molecular weight is 206 g/mol. The molecular weight excluding hydrogens is 188 g/mol. The zero-order valence-electron chi connectivity index (χ0n) is 9.45. The lowest BCUT2D eigenvalue weighted by Crippen LogP contribution is -2.02. The van der Waals surface area contributed by atoms with Crippen LogP contribution in [0.1, 0.15) is 32.3 Å². The van der Waals surface area contributed by atoms with E-state index in [9.17, 15) is 4.79 Å². The minimum Gasteiger partial charge on any atom is -0.493 e. The van der Waals surface area contributed by atoms with Gasteiger partial charge in [-0.1, -0.05) is 25.5 Å². The molecule has 0 aliphatic heterocycles. The fourth-order valence-electron chi connectivity index (χ4n) is 1.35. The molecule has 0 N–H and O–H groups in total. The van der Waals surface area contributed by atoms with Crippen LogP contribution in [0.3, 0.4) is 0 Å². The number of hydrogen-bond donors (Lipinski definition) is 0. The molecule has 0 amide bonds. The first kappa shape index (κ1) is 11.8. The molecule has 1 aromatic rings. The van der Waals surface area contributed by atoms with Crippen LogP contribution >= 0.6 is 0 Å². The third-order valence-electron chi connectivity index (χ3n) is 2.18. The van der Waals surface area contributed by atoms with Gasteiger partial charge in [-0.25, -0.2) is 0 Å². The summed E-state index contributed by atoms with van der Waals surface area (Å²) in [7, 11) is 0. The third-order valence-corrected chi connectivity index (χ3v) is 2.18. The molecule has 0 aromatic heterocycles. The molecule has 82 valence electrons. The molecule has 2 nitrogen and oxygen atoms in total. The van der Waals surface area contributed by atoms with Gasteiger partial charge >= 0.3 is 0 Å². The molecule has 0 radical (unpaired) electrons. The maximum absolute atomic E-state index is 10.7. The van der Waals surface area contributed by atoms with E-state index >= 15 is 0 Å². The number of benzene rings is 1. The number of carbonyl (C=O) groups is 1. The van der Waals surface area contributed by atoms with Gasteiger partial charge in [-0.3, -0.25) is 4.79 Å². The summed E-state index contributed by atoms with van der Waals surface area (Å²) in [5.74, 6) is 1.01. The maximum Gasteiger partial charge on any atom is 0.133 e. The van der Waals surface area contributed by atoms with Crippen LogP contribution in [-0.4, -0.2) is 12.4 Å². The van der Waals surface area contributed by atoms with Crippen LogP contribution in [0.5, 0.6) is 5.75 Å². The highest BCUT2D eigenvalue weighted by Gasteiger charge is 1.96. The summed E-state index contributed by atoms with van der Waals surface area (Å²) in [5.41, 5.74) is 1.33. The molecule has 0 aliphatic rings. The average Bonchev–Trinajstić information content (AvgIpc) is 2.20. The Hall–Kier alpha value is -1.31. The Morgan fingerprint density at radius 1 is 1.27 bits per heavy atom. The van der Waals surface area contributed by atoms with Gasteiger partial charge in [0.05, 0.1) is 6.61 Å². The van der Waals surface area contributed by atoms with Crippen molar-refractivity contribution < 1.29 is 9.53 Å². The van der Waals surface area contributed by atoms with E-state index in [1.54, 1.807) is 6.92 Å². The normalized spacial score (nSPS) is 10.0. The fraction of sp³-hybridized carbons (Fsp3) is 0.462. The molecule has 0 atom stereocenters. The van der Waals surface area contributed by atoms with Crippen LogP contribution < -0.4 is 4.74 Å². The summed E-state index contributed by atoms with van der Waals surface area (Å²) < 4.78 is 5.43. The Morgan fingerprint density at radius 2 is 1.93 bits per heavy atom. The Bertz CT molecular complexity index is 301. The van der Waals surface area contributed by atoms with Crippen molar-refractivity contribution in [1.29, 1.82) is 0 Å². The molecule has 15 heavy (non-hydrogen) atoms. The molecular formula is C13H18O2. The first-order valence-electron chi connectivity index (χ1n) is 5.43. The van der Waals surface area contributed by atoms with E-state index in [1.165, 1.54) is 5.56 Å². The van der Waals surface area contributed by atoms with Crippen molar-refractivity contribution in [2.45, 2.75) is 33.1 Å². The Morgan fingerprint density at radius 3 is 2.47 bits per heavy atom. The van der Waals surface area contributed by atoms with Gasteiger partial charge < -0.3 is 4.74 Å². The molecule has 0 fully saturated rings. The maximum atomic E-state index is 10.7. The van der Waals surface area contributed by atoms with Crippen molar-refractivity contribution >= 4 is 5.78 Å². The summed E-state index contributed by atoms with van der Waals surface area (Å²) >= 11 is 0. The van der Waals surface area contributed by atoms with E-state index in [0.29, 0.717) is 13.0 Å². The molecule has 1 aromatic carbocycles. The van der Waals surface area contributed by atoms with E-state index in [2.05, 4.69) is 19.1 Å².